The Balaban J connectivity index is 1.87. The number of urea groups is 1. The lowest BCUT2D eigenvalue weighted by Crippen LogP contribution is -2.46. The second-order valence-corrected chi connectivity index (χ2v) is 6.26. The van der Waals surface area contributed by atoms with E-state index in [0.29, 0.717) is 11.4 Å². The highest BCUT2D eigenvalue weighted by molar-refractivity contribution is 7.10. The van der Waals surface area contributed by atoms with Gasteiger partial charge in [0, 0.05) is 11.4 Å². The molecule has 3 N–H and O–H groups in total. The number of carbonyl (C=O) groups is 2. The Kier molecular flexibility index (Phi) is 4.09. The topological polar surface area (TPSA) is 78.4 Å². The minimum absolute atomic E-state index is 0.180. The number of carboxylic acid groups (broad SMARTS) is 1. The van der Waals surface area contributed by atoms with Gasteiger partial charge >= 0.3 is 12.0 Å². The monoisotopic (exact) mass is 282 g/mol. The average molecular weight is 282 g/mol. The molecule has 2 rings (SSSR count). The Hall–Kier alpha value is -1.56. The Morgan fingerprint density at radius 1 is 1.53 bits per heavy atom. The lowest BCUT2D eigenvalue weighted by molar-refractivity contribution is -0.139. The summed E-state index contributed by atoms with van der Waals surface area (Å²) in [5, 5.41) is 16.2. The first-order valence-electron chi connectivity index (χ1n) is 6.31. The van der Waals surface area contributed by atoms with E-state index in [1.54, 1.807) is 17.5 Å². The molecule has 19 heavy (non-hydrogen) atoms. The van der Waals surface area contributed by atoms with Gasteiger partial charge in [-0.2, -0.15) is 0 Å². The van der Waals surface area contributed by atoms with Crippen molar-refractivity contribution >= 4 is 23.3 Å². The molecule has 1 unspecified atom stereocenters. The van der Waals surface area contributed by atoms with Crippen molar-refractivity contribution in [2.24, 2.45) is 5.41 Å². The van der Waals surface area contributed by atoms with Crippen LogP contribution < -0.4 is 10.6 Å². The highest BCUT2D eigenvalue weighted by Gasteiger charge is 2.32. The van der Waals surface area contributed by atoms with Crippen LogP contribution in [-0.2, 0) is 4.79 Å². The van der Waals surface area contributed by atoms with Crippen LogP contribution >= 0.6 is 11.3 Å². The smallest absolute Gasteiger partial charge is 0.331 e. The number of aliphatic carboxylic acids is 1. The molecule has 1 saturated carbocycles. The highest BCUT2D eigenvalue weighted by atomic mass is 32.1. The van der Waals surface area contributed by atoms with Crippen molar-refractivity contribution in [1.82, 2.24) is 10.6 Å². The molecule has 1 heterocycles. The maximum Gasteiger partial charge on any atom is 0.331 e. The van der Waals surface area contributed by atoms with E-state index in [1.807, 2.05) is 0 Å². The lowest BCUT2D eigenvalue weighted by atomic mass is 9.70. The molecule has 6 heteroatoms. The molecule has 5 nitrogen and oxygen atoms in total. The van der Waals surface area contributed by atoms with Crippen molar-refractivity contribution in [2.75, 3.05) is 6.54 Å². The molecule has 1 aromatic rings. The van der Waals surface area contributed by atoms with E-state index in [-0.39, 0.29) is 5.41 Å². The molecule has 0 aliphatic heterocycles. The van der Waals surface area contributed by atoms with Crippen LogP contribution in [0.2, 0.25) is 0 Å². The van der Waals surface area contributed by atoms with Crippen LogP contribution in [0.3, 0.4) is 0 Å². The Labute approximate surface area is 116 Å². The lowest BCUT2D eigenvalue weighted by Gasteiger charge is -2.38. The summed E-state index contributed by atoms with van der Waals surface area (Å²) in [5.41, 5.74) is 0.180. The van der Waals surface area contributed by atoms with E-state index in [9.17, 15) is 9.59 Å². The van der Waals surface area contributed by atoms with Crippen LogP contribution in [0, 0.1) is 5.41 Å². The van der Waals surface area contributed by atoms with E-state index in [0.717, 1.165) is 12.8 Å². The van der Waals surface area contributed by atoms with Crippen molar-refractivity contribution in [1.29, 1.82) is 0 Å². The SMILES string of the molecule is CC1(CNC(=O)NC(C(=O)O)c2cccs2)CCC1. The predicted octanol–water partition coefficient (Wildman–Crippen LogP) is 2.36. The zero-order valence-corrected chi connectivity index (χ0v) is 11.6. The van der Waals surface area contributed by atoms with Gasteiger partial charge in [-0.1, -0.05) is 19.4 Å². The molecule has 0 aromatic carbocycles. The van der Waals surface area contributed by atoms with Crippen molar-refractivity contribution in [3.63, 3.8) is 0 Å². The van der Waals surface area contributed by atoms with E-state index in [4.69, 9.17) is 5.11 Å². The first-order valence-corrected chi connectivity index (χ1v) is 7.19. The molecule has 0 radical (unpaired) electrons. The fourth-order valence-corrected chi connectivity index (χ4v) is 2.91. The van der Waals surface area contributed by atoms with E-state index >= 15 is 0 Å². The standard InChI is InChI=1S/C13H18N2O3S/c1-13(5-3-6-13)8-14-12(18)15-10(11(16)17)9-4-2-7-19-9/h2,4,7,10H,3,5-6,8H2,1H3,(H,16,17)(H2,14,15,18). The Morgan fingerprint density at radius 2 is 2.26 bits per heavy atom. The molecule has 104 valence electrons. The molecule has 1 fully saturated rings. The van der Waals surface area contributed by atoms with Crippen LogP contribution in [0.15, 0.2) is 17.5 Å². The van der Waals surface area contributed by atoms with Gasteiger partial charge in [-0.15, -0.1) is 11.3 Å². The highest BCUT2D eigenvalue weighted by Crippen LogP contribution is 2.39. The maximum absolute atomic E-state index is 11.8. The average Bonchev–Trinajstić information content (AvgIpc) is 2.84. The second-order valence-electron chi connectivity index (χ2n) is 5.28. The summed E-state index contributed by atoms with van der Waals surface area (Å²) < 4.78 is 0. The van der Waals surface area contributed by atoms with Gasteiger partial charge < -0.3 is 15.7 Å². The van der Waals surface area contributed by atoms with Crippen LogP contribution in [0.25, 0.3) is 0 Å². The van der Waals surface area contributed by atoms with Gasteiger partial charge in [-0.05, 0) is 29.7 Å². The maximum atomic E-state index is 11.8. The minimum Gasteiger partial charge on any atom is -0.479 e. The molecule has 0 bridgehead atoms. The number of thiophene rings is 1. The number of hydrogen-bond donors (Lipinski definition) is 3. The van der Waals surface area contributed by atoms with E-state index in [2.05, 4.69) is 17.6 Å². The number of rotatable bonds is 5. The Morgan fingerprint density at radius 3 is 2.74 bits per heavy atom. The summed E-state index contributed by atoms with van der Waals surface area (Å²) in [6.45, 7) is 2.72. The summed E-state index contributed by atoms with van der Waals surface area (Å²) in [5.74, 6) is -1.05. The zero-order valence-electron chi connectivity index (χ0n) is 10.8. The first-order chi connectivity index (χ1) is 9.00. The van der Waals surface area contributed by atoms with Gasteiger partial charge in [0.05, 0.1) is 0 Å². The Bertz CT molecular complexity index is 454. The van der Waals surface area contributed by atoms with Gasteiger partial charge in [0.1, 0.15) is 0 Å². The van der Waals surface area contributed by atoms with E-state index < -0.39 is 18.0 Å². The van der Waals surface area contributed by atoms with Gasteiger partial charge in [0.25, 0.3) is 0 Å². The molecule has 0 saturated heterocycles. The number of hydrogen-bond acceptors (Lipinski definition) is 3. The third kappa shape index (κ3) is 3.47. The summed E-state index contributed by atoms with van der Waals surface area (Å²) >= 11 is 1.32. The van der Waals surface area contributed by atoms with Crippen LogP contribution in [0.5, 0.6) is 0 Å². The number of carbonyl (C=O) groups excluding carboxylic acids is 1. The normalized spacial score (nSPS) is 18.2. The van der Waals surface area contributed by atoms with Gasteiger partial charge in [-0.25, -0.2) is 9.59 Å². The molecular formula is C13H18N2O3S. The summed E-state index contributed by atoms with van der Waals surface area (Å²) in [6.07, 6.45) is 3.42. The zero-order chi connectivity index (χ0) is 13.9. The number of amides is 2. The van der Waals surface area contributed by atoms with Crippen molar-refractivity contribution < 1.29 is 14.7 Å². The molecule has 1 aliphatic rings. The van der Waals surface area contributed by atoms with Crippen molar-refractivity contribution in [2.45, 2.75) is 32.2 Å². The largest absolute Gasteiger partial charge is 0.479 e. The van der Waals surface area contributed by atoms with Gasteiger partial charge in [0.2, 0.25) is 0 Å². The molecular weight excluding hydrogens is 264 g/mol. The molecule has 1 atom stereocenters. The molecule has 2 amide bonds. The molecule has 1 aliphatic carbocycles. The van der Waals surface area contributed by atoms with Crippen LogP contribution in [0.1, 0.15) is 37.1 Å². The predicted molar refractivity (Wildman–Crippen MR) is 73.2 cm³/mol. The quantitative estimate of drug-likeness (QED) is 0.775. The molecule has 0 spiro atoms. The third-order valence-electron chi connectivity index (χ3n) is 3.59. The number of carboxylic acids is 1. The fraction of sp³-hybridized carbons (Fsp3) is 0.538. The first kappa shape index (κ1) is 13.9. The van der Waals surface area contributed by atoms with Gasteiger partial charge in [0.15, 0.2) is 6.04 Å². The minimum atomic E-state index is -1.05. The van der Waals surface area contributed by atoms with Crippen molar-refractivity contribution in [3.8, 4) is 0 Å². The van der Waals surface area contributed by atoms with Crippen LogP contribution in [0.4, 0.5) is 4.79 Å². The van der Waals surface area contributed by atoms with Gasteiger partial charge in [-0.3, -0.25) is 0 Å². The van der Waals surface area contributed by atoms with E-state index in [1.165, 1.54) is 17.8 Å². The van der Waals surface area contributed by atoms with Crippen molar-refractivity contribution in [3.05, 3.63) is 22.4 Å². The fourth-order valence-electron chi connectivity index (χ4n) is 2.14. The second kappa shape index (κ2) is 5.61. The van der Waals surface area contributed by atoms with Crippen LogP contribution in [-0.4, -0.2) is 23.7 Å². The third-order valence-corrected chi connectivity index (χ3v) is 4.52. The summed E-state index contributed by atoms with van der Waals surface area (Å²) in [4.78, 5) is 23.5. The molecule has 1 aromatic heterocycles. The summed E-state index contributed by atoms with van der Waals surface area (Å²) in [7, 11) is 0. The summed E-state index contributed by atoms with van der Waals surface area (Å²) in [6, 6.07) is 2.07. The number of nitrogens with one attached hydrogen (secondary N) is 2.